The Morgan fingerprint density at radius 3 is 0.922 bits per heavy atom. The number of unbranched alkanes of at least 4 members (excludes halogenated alkanes) is 12. The maximum Gasteiger partial charge on any atom is 0.307 e. The number of carbonyl (C=O) groups excluding carboxylic acids is 3. The molecule has 0 aliphatic carbocycles. The quantitative estimate of drug-likeness (QED) is 0.0336. The van der Waals surface area contributed by atoms with E-state index in [1.54, 1.807) is 0 Å². The van der Waals surface area contributed by atoms with Crippen molar-refractivity contribution >= 4 is 17.9 Å². The van der Waals surface area contributed by atoms with Gasteiger partial charge in [0.2, 0.25) is 0 Å². The van der Waals surface area contributed by atoms with Crippen molar-refractivity contribution < 1.29 is 28.6 Å². The highest BCUT2D eigenvalue weighted by atomic mass is 16.5. The first-order valence-corrected chi connectivity index (χ1v) is 27.8. The fraction of sp³-hybridized carbons (Fsp3) is 0.945. The van der Waals surface area contributed by atoms with Crippen molar-refractivity contribution in [3.63, 3.8) is 0 Å². The Morgan fingerprint density at radius 1 is 0.328 bits per heavy atom. The number of ether oxygens (including phenoxy) is 3. The van der Waals surface area contributed by atoms with Crippen LogP contribution in [0.5, 0.6) is 0 Å². The molecule has 0 fully saturated rings. The van der Waals surface area contributed by atoms with Crippen LogP contribution in [0.3, 0.4) is 0 Å². The van der Waals surface area contributed by atoms with Gasteiger partial charge in [0.15, 0.2) is 0 Å². The van der Waals surface area contributed by atoms with Crippen molar-refractivity contribution in [3.8, 4) is 0 Å². The van der Waals surface area contributed by atoms with Gasteiger partial charge >= 0.3 is 17.9 Å². The molecule has 0 aliphatic heterocycles. The lowest BCUT2D eigenvalue weighted by molar-refractivity contribution is -0.147. The second kappa shape index (κ2) is 46.4. The molecule has 0 bridgehead atoms. The van der Waals surface area contributed by atoms with E-state index in [1.807, 2.05) is 0 Å². The molecule has 9 nitrogen and oxygen atoms in total. The van der Waals surface area contributed by atoms with Gasteiger partial charge in [-0.25, -0.2) is 0 Å². The van der Waals surface area contributed by atoms with Gasteiger partial charge in [-0.1, -0.05) is 164 Å². The third kappa shape index (κ3) is 39.5. The Bertz CT molecular complexity index is 1000. The predicted molar refractivity (Wildman–Crippen MR) is 272 cm³/mol. The fourth-order valence-corrected chi connectivity index (χ4v) is 8.82. The lowest BCUT2D eigenvalue weighted by Crippen LogP contribution is -2.34. The normalized spacial score (nSPS) is 13.2. The molecule has 0 heterocycles. The first-order valence-electron chi connectivity index (χ1n) is 27.8. The van der Waals surface area contributed by atoms with Gasteiger partial charge in [0.05, 0.1) is 39.1 Å². The number of hydrogen-bond acceptors (Lipinski definition) is 9. The summed E-state index contributed by atoms with van der Waals surface area (Å²) >= 11 is 0. The van der Waals surface area contributed by atoms with Crippen LogP contribution in [0, 0.1) is 17.8 Å². The smallest absolute Gasteiger partial charge is 0.307 e. The molecule has 3 unspecified atom stereocenters. The average Bonchev–Trinajstić information content (AvgIpc) is 3.29. The van der Waals surface area contributed by atoms with Crippen molar-refractivity contribution in [2.24, 2.45) is 17.8 Å². The second-order valence-corrected chi connectivity index (χ2v) is 19.6. The molecule has 0 rings (SSSR count). The Hall–Kier alpha value is -1.71. The molecular formula is C55H109N3O6. The molecule has 0 saturated heterocycles. The molecule has 64 heavy (non-hydrogen) atoms. The molecule has 0 aromatic heterocycles. The molecule has 3 atom stereocenters. The minimum atomic E-state index is -0.125. The van der Waals surface area contributed by atoms with Gasteiger partial charge < -0.3 is 28.9 Å². The van der Waals surface area contributed by atoms with Gasteiger partial charge in [-0.05, 0) is 115 Å². The standard InChI is InChI=1S/C55H109N3O6/c1-9-16-22-25-33-50(30-19-12-4)47-62-53(59)36-44-57(39-15-7)42-28-40-56(8)41-29-43-58(45-37-54(60)63-48-51(31-20-13-5)34-26-23-17-10-2)46-38-55(61)64-49-52(32-21-14-6)35-27-24-18-11-3/h50-52H,9-49H2,1-8H3. The third-order valence-electron chi connectivity index (χ3n) is 13.2. The van der Waals surface area contributed by atoms with Crippen molar-refractivity contribution in [1.29, 1.82) is 0 Å². The summed E-state index contributed by atoms with van der Waals surface area (Å²) in [5, 5.41) is 0. The van der Waals surface area contributed by atoms with E-state index in [1.165, 1.54) is 122 Å². The molecule has 0 aromatic rings. The van der Waals surface area contributed by atoms with E-state index in [0.29, 0.717) is 69.9 Å². The van der Waals surface area contributed by atoms with Gasteiger partial charge in [-0.15, -0.1) is 0 Å². The highest BCUT2D eigenvalue weighted by Gasteiger charge is 2.18. The summed E-state index contributed by atoms with van der Waals surface area (Å²) in [5.74, 6) is 1.09. The van der Waals surface area contributed by atoms with E-state index in [2.05, 4.69) is 70.2 Å². The van der Waals surface area contributed by atoms with E-state index in [9.17, 15) is 14.4 Å². The maximum atomic E-state index is 13.1. The third-order valence-corrected chi connectivity index (χ3v) is 13.2. The summed E-state index contributed by atoms with van der Waals surface area (Å²) in [7, 11) is 2.19. The van der Waals surface area contributed by atoms with Crippen LogP contribution in [0.15, 0.2) is 0 Å². The van der Waals surface area contributed by atoms with Gasteiger partial charge in [0.1, 0.15) is 0 Å². The molecule has 9 heteroatoms. The van der Waals surface area contributed by atoms with E-state index in [4.69, 9.17) is 14.2 Å². The molecule has 380 valence electrons. The van der Waals surface area contributed by atoms with Crippen LogP contribution in [0.1, 0.15) is 241 Å². The zero-order valence-electron chi connectivity index (χ0n) is 44.0. The summed E-state index contributed by atoms with van der Waals surface area (Å²) in [6.07, 6.45) is 33.1. The molecule has 0 N–H and O–H groups in total. The highest BCUT2D eigenvalue weighted by molar-refractivity contribution is 5.70. The first kappa shape index (κ1) is 62.3. The van der Waals surface area contributed by atoms with Crippen molar-refractivity contribution in [2.75, 3.05) is 79.2 Å². The average molecular weight is 908 g/mol. The number of carbonyl (C=O) groups is 3. The van der Waals surface area contributed by atoms with E-state index in [0.717, 1.165) is 90.6 Å². The van der Waals surface area contributed by atoms with Gasteiger partial charge in [-0.2, -0.15) is 0 Å². The summed E-state index contributed by atoms with van der Waals surface area (Å²) in [6, 6.07) is 0. The van der Waals surface area contributed by atoms with Crippen molar-refractivity contribution in [1.82, 2.24) is 14.7 Å². The predicted octanol–water partition coefficient (Wildman–Crippen LogP) is 13.8. The summed E-state index contributed by atoms with van der Waals surface area (Å²) < 4.78 is 17.6. The lowest BCUT2D eigenvalue weighted by Gasteiger charge is -2.25. The summed E-state index contributed by atoms with van der Waals surface area (Å²) in [6.45, 7) is 23.9. The van der Waals surface area contributed by atoms with Gasteiger partial charge in [-0.3, -0.25) is 14.4 Å². The lowest BCUT2D eigenvalue weighted by atomic mass is 9.96. The van der Waals surface area contributed by atoms with Gasteiger partial charge in [0.25, 0.3) is 0 Å². The Labute approximate surface area is 398 Å². The zero-order chi connectivity index (χ0) is 47.3. The van der Waals surface area contributed by atoms with Crippen LogP contribution in [-0.4, -0.2) is 112 Å². The fourth-order valence-electron chi connectivity index (χ4n) is 8.82. The van der Waals surface area contributed by atoms with Crippen molar-refractivity contribution in [2.45, 2.75) is 241 Å². The minimum Gasteiger partial charge on any atom is -0.465 e. The Balaban J connectivity index is 5.14. The summed E-state index contributed by atoms with van der Waals surface area (Å²) in [5.41, 5.74) is 0. The molecule has 0 spiro atoms. The molecule has 0 amide bonds. The zero-order valence-corrected chi connectivity index (χ0v) is 44.0. The molecule has 0 aromatic carbocycles. The van der Waals surface area contributed by atoms with Crippen molar-refractivity contribution in [3.05, 3.63) is 0 Å². The SMILES string of the molecule is CCCCCCC(CCCC)COC(=O)CCN(CCC)CCCN(C)CCCN(CCC(=O)OCC(CCCC)CCCCCC)CCC(=O)OCC(CCCC)CCCCCC. The van der Waals surface area contributed by atoms with Gasteiger partial charge in [0, 0.05) is 19.6 Å². The highest BCUT2D eigenvalue weighted by Crippen LogP contribution is 2.21. The Kier molecular flexibility index (Phi) is 45.2. The van der Waals surface area contributed by atoms with E-state index >= 15 is 0 Å². The van der Waals surface area contributed by atoms with Crippen LogP contribution in [0.2, 0.25) is 0 Å². The topological polar surface area (TPSA) is 88.6 Å². The second-order valence-electron chi connectivity index (χ2n) is 19.6. The maximum absolute atomic E-state index is 13.1. The van der Waals surface area contributed by atoms with Crippen LogP contribution >= 0.6 is 0 Å². The molecular weight excluding hydrogens is 799 g/mol. The van der Waals surface area contributed by atoms with Crippen LogP contribution < -0.4 is 0 Å². The van der Waals surface area contributed by atoms with Crippen LogP contribution in [0.25, 0.3) is 0 Å². The first-order chi connectivity index (χ1) is 31.1. The number of hydrogen-bond donors (Lipinski definition) is 0. The molecule has 0 aliphatic rings. The monoisotopic (exact) mass is 908 g/mol. The van der Waals surface area contributed by atoms with Crippen LogP contribution in [0.4, 0.5) is 0 Å². The largest absolute Gasteiger partial charge is 0.465 e. The number of nitrogens with zero attached hydrogens (tertiary/aromatic N) is 3. The molecule has 0 saturated carbocycles. The number of esters is 3. The molecule has 0 radical (unpaired) electrons. The minimum absolute atomic E-state index is 0.0534. The van der Waals surface area contributed by atoms with E-state index in [-0.39, 0.29) is 17.9 Å². The van der Waals surface area contributed by atoms with Crippen LogP contribution in [-0.2, 0) is 28.6 Å². The van der Waals surface area contributed by atoms with E-state index < -0.39 is 0 Å². The number of rotatable bonds is 49. The Morgan fingerprint density at radius 2 is 0.625 bits per heavy atom. The summed E-state index contributed by atoms with van der Waals surface area (Å²) in [4.78, 5) is 46.1.